The fraction of sp³-hybridized carbons (Fsp3) is 0.176. The molecule has 1 atom stereocenters. The molecule has 1 aliphatic rings. The Bertz CT molecular complexity index is 711. The smallest absolute Gasteiger partial charge is 0.228 e. The third-order valence-electron chi connectivity index (χ3n) is 3.68. The highest BCUT2D eigenvalue weighted by molar-refractivity contribution is 6.03. The van der Waals surface area contributed by atoms with Crippen LogP contribution < -0.4 is 5.32 Å². The summed E-state index contributed by atoms with van der Waals surface area (Å²) in [5.41, 5.74) is 2.01. The van der Waals surface area contributed by atoms with Crippen LogP contribution in [0.2, 0.25) is 0 Å². The van der Waals surface area contributed by atoms with Crippen molar-refractivity contribution in [1.82, 2.24) is 0 Å². The highest BCUT2D eigenvalue weighted by atomic mass is 19.1. The maximum atomic E-state index is 13.1. The van der Waals surface area contributed by atoms with Crippen LogP contribution in [0.1, 0.15) is 22.3 Å². The minimum atomic E-state index is -0.407. The van der Waals surface area contributed by atoms with Crippen LogP contribution in [0.5, 0.6) is 0 Å². The number of amides is 1. The summed E-state index contributed by atoms with van der Waals surface area (Å²) in [6, 6.07) is 13.1. The van der Waals surface area contributed by atoms with E-state index in [1.165, 1.54) is 18.2 Å². The number of ketones is 1. The van der Waals surface area contributed by atoms with Gasteiger partial charge in [0.25, 0.3) is 0 Å². The van der Waals surface area contributed by atoms with Gasteiger partial charge in [0.2, 0.25) is 5.91 Å². The zero-order valence-corrected chi connectivity index (χ0v) is 11.3. The molecular formula is C17H14FNO2. The van der Waals surface area contributed by atoms with E-state index in [0.29, 0.717) is 17.7 Å². The van der Waals surface area contributed by atoms with Gasteiger partial charge in [0, 0.05) is 23.6 Å². The summed E-state index contributed by atoms with van der Waals surface area (Å²) < 4.78 is 13.1. The zero-order valence-electron chi connectivity index (χ0n) is 11.3. The summed E-state index contributed by atoms with van der Waals surface area (Å²) in [4.78, 5) is 24.3. The Balaban J connectivity index is 1.76. The molecule has 0 bridgehead atoms. The van der Waals surface area contributed by atoms with E-state index in [-0.39, 0.29) is 18.1 Å². The SMILES string of the molecule is O=C1CC(C(=O)Nc2cccc(F)c2)Cc2ccccc21. The van der Waals surface area contributed by atoms with Crippen LogP contribution >= 0.6 is 0 Å². The van der Waals surface area contributed by atoms with E-state index >= 15 is 0 Å². The number of hydrogen-bond donors (Lipinski definition) is 1. The largest absolute Gasteiger partial charge is 0.326 e. The predicted octanol–water partition coefficient (Wildman–Crippen LogP) is 3.21. The molecule has 2 aromatic rings. The van der Waals surface area contributed by atoms with Gasteiger partial charge in [-0.05, 0) is 30.2 Å². The number of rotatable bonds is 2. The van der Waals surface area contributed by atoms with E-state index in [0.717, 1.165) is 5.56 Å². The highest BCUT2D eigenvalue weighted by Crippen LogP contribution is 2.26. The monoisotopic (exact) mass is 283 g/mol. The normalized spacial score (nSPS) is 17.2. The minimum absolute atomic E-state index is 0.0174. The number of halogens is 1. The lowest BCUT2D eigenvalue weighted by atomic mass is 9.82. The van der Waals surface area contributed by atoms with Gasteiger partial charge >= 0.3 is 0 Å². The molecule has 0 saturated heterocycles. The number of benzene rings is 2. The summed E-state index contributed by atoms with van der Waals surface area (Å²) in [6.07, 6.45) is 0.723. The molecule has 2 aromatic carbocycles. The molecule has 21 heavy (non-hydrogen) atoms. The molecule has 0 aliphatic heterocycles. The molecule has 1 N–H and O–H groups in total. The van der Waals surface area contributed by atoms with Gasteiger partial charge in [-0.2, -0.15) is 0 Å². The number of Topliss-reactive ketones (excluding diaryl/α,β-unsaturated/α-hetero) is 1. The lowest BCUT2D eigenvalue weighted by Gasteiger charge is -2.22. The fourth-order valence-corrected chi connectivity index (χ4v) is 2.64. The first-order valence-electron chi connectivity index (χ1n) is 6.81. The third kappa shape index (κ3) is 2.84. The number of hydrogen-bond acceptors (Lipinski definition) is 2. The molecule has 0 radical (unpaired) electrons. The lowest BCUT2D eigenvalue weighted by molar-refractivity contribution is -0.119. The molecule has 1 unspecified atom stereocenters. The van der Waals surface area contributed by atoms with Gasteiger partial charge in [0.05, 0.1) is 0 Å². The number of anilines is 1. The van der Waals surface area contributed by atoms with Crippen LogP contribution in [-0.2, 0) is 11.2 Å². The molecule has 0 fully saturated rings. The fourth-order valence-electron chi connectivity index (χ4n) is 2.64. The molecule has 0 saturated carbocycles. The molecule has 3 rings (SSSR count). The Kier molecular flexibility index (Phi) is 3.52. The first kappa shape index (κ1) is 13.5. The Morgan fingerprint density at radius 1 is 1.10 bits per heavy atom. The van der Waals surface area contributed by atoms with E-state index in [2.05, 4.69) is 5.32 Å². The first-order chi connectivity index (χ1) is 10.1. The van der Waals surface area contributed by atoms with E-state index in [4.69, 9.17) is 0 Å². The zero-order chi connectivity index (χ0) is 14.8. The average molecular weight is 283 g/mol. The molecule has 4 heteroatoms. The topological polar surface area (TPSA) is 46.2 Å². The van der Waals surface area contributed by atoms with Gasteiger partial charge in [-0.25, -0.2) is 4.39 Å². The number of carbonyl (C=O) groups is 2. The van der Waals surface area contributed by atoms with Gasteiger partial charge in [-0.3, -0.25) is 9.59 Å². The van der Waals surface area contributed by atoms with Crippen molar-refractivity contribution < 1.29 is 14.0 Å². The van der Waals surface area contributed by atoms with E-state index in [9.17, 15) is 14.0 Å². The molecule has 0 heterocycles. The maximum Gasteiger partial charge on any atom is 0.228 e. The number of fused-ring (bicyclic) bond motifs is 1. The van der Waals surface area contributed by atoms with Crippen LogP contribution in [0.3, 0.4) is 0 Å². The van der Waals surface area contributed by atoms with Crippen LogP contribution in [0.4, 0.5) is 10.1 Å². The average Bonchev–Trinajstić information content (AvgIpc) is 2.47. The van der Waals surface area contributed by atoms with Gasteiger partial charge in [0.15, 0.2) is 5.78 Å². The molecule has 0 spiro atoms. The quantitative estimate of drug-likeness (QED) is 0.920. The summed E-state index contributed by atoms with van der Waals surface area (Å²) in [5.74, 6) is -1.08. The van der Waals surface area contributed by atoms with Crippen LogP contribution in [0, 0.1) is 11.7 Å². The van der Waals surface area contributed by atoms with E-state index < -0.39 is 11.7 Å². The van der Waals surface area contributed by atoms with Crippen LogP contribution in [0.25, 0.3) is 0 Å². The summed E-state index contributed by atoms with van der Waals surface area (Å²) in [6.45, 7) is 0. The Labute approximate surface area is 121 Å². The molecule has 0 aromatic heterocycles. The summed E-state index contributed by atoms with van der Waals surface area (Å²) >= 11 is 0. The molecular weight excluding hydrogens is 269 g/mol. The number of carbonyl (C=O) groups excluding carboxylic acids is 2. The molecule has 106 valence electrons. The Morgan fingerprint density at radius 2 is 1.90 bits per heavy atom. The third-order valence-corrected chi connectivity index (χ3v) is 3.68. The maximum absolute atomic E-state index is 13.1. The molecule has 1 amide bonds. The second-order valence-corrected chi connectivity index (χ2v) is 5.19. The Morgan fingerprint density at radius 3 is 2.71 bits per heavy atom. The van der Waals surface area contributed by atoms with Crippen LogP contribution in [0.15, 0.2) is 48.5 Å². The van der Waals surface area contributed by atoms with Crippen molar-refractivity contribution in [2.75, 3.05) is 5.32 Å². The van der Waals surface area contributed by atoms with Gasteiger partial charge in [-0.15, -0.1) is 0 Å². The lowest BCUT2D eigenvalue weighted by Crippen LogP contribution is -2.30. The van der Waals surface area contributed by atoms with Crippen molar-refractivity contribution >= 4 is 17.4 Å². The standard InChI is InChI=1S/C17H14FNO2/c18-13-5-3-6-14(10-13)19-17(21)12-8-11-4-1-2-7-15(11)16(20)9-12/h1-7,10,12H,8-9H2,(H,19,21). The molecule has 1 aliphatic carbocycles. The van der Waals surface area contributed by atoms with Crippen molar-refractivity contribution in [2.24, 2.45) is 5.92 Å². The van der Waals surface area contributed by atoms with Crippen molar-refractivity contribution in [3.63, 3.8) is 0 Å². The highest BCUT2D eigenvalue weighted by Gasteiger charge is 2.29. The number of nitrogens with one attached hydrogen (secondary N) is 1. The van der Waals surface area contributed by atoms with E-state index in [1.54, 1.807) is 12.1 Å². The summed E-state index contributed by atoms with van der Waals surface area (Å²) in [5, 5.41) is 2.67. The van der Waals surface area contributed by atoms with Crippen molar-refractivity contribution in [3.8, 4) is 0 Å². The van der Waals surface area contributed by atoms with Crippen molar-refractivity contribution in [3.05, 3.63) is 65.5 Å². The Hall–Kier alpha value is -2.49. The van der Waals surface area contributed by atoms with Gasteiger partial charge in [-0.1, -0.05) is 30.3 Å². The second kappa shape index (κ2) is 5.48. The first-order valence-corrected chi connectivity index (χ1v) is 6.81. The van der Waals surface area contributed by atoms with E-state index in [1.807, 2.05) is 18.2 Å². The molecule has 3 nitrogen and oxygen atoms in total. The minimum Gasteiger partial charge on any atom is -0.326 e. The second-order valence-electron chi connectivity index (χ2n) is 5.19. The predicted molar refractivity (Wildman–Crippen MR) is 77.6 cm³/mol. The van der Waals surface area contributed by atoms with Crippen molar-refractivity contribution in [2.45, 2.75) is 12.8 Å². The summed E-state index contributed by atoms with van der Waals surface area (Å²) in [7, 11) is 0. The van der Waals surface area contributed by atoms with Crippen LogP contribution in [-0.4, -0.2) is 11.7 Å². The van der Waals surface area contributed by atoms with Crippen molar-refractivity contribution in [1.29, 1.82) is 0 Å². The van der Waals surface area contributed by atoms with Gasteiger partial charge in [0.1, 0.15) is 5.82 Å². The van der Waals surface area contributed by atoms with Gasteiger partial charge < -0.3 is 5.32 Å².